The van der Waals surface area contributed by atoms with E-state index in [-0.39, 0.29) is 5.56 Å². The molecule has 0 N–H and O–H groups in total. The Hall–Kier alpha value is -1.59. The van der Waals surface area contributed by atoms with Crippen molar-refractivity contribution in [2.24, 2.45) is 0 Å². The van der Waals surface area contributed by atoms with E-state index in [9.17, 15) is 18.9 Å². The van der Waals surface area contributed by atoms with Crippen molar-refractivity contribution in [3.63, 3.8) is 0 Å². The lowest BCUT2D eigenvalue weighted by Crippen LogP contribution is -1.99. The zero-order valence-electron chi connectivity index (χ0n) is 6.70. The van der Waals surface area contributed by atoms with Gasteiger partial charge in [-0.3, -0.25) is 15.1 Å². The van der Waals surface area contributed by atoms with Crippen molar-refractivity contribution < 1.29 is 13.7 Å². The first-order chi connectivity index (χ1) is 6.04. The number of rotatable bonds is 2. The lowest BCUT2D eigenvalue weighted by molar-refractivity contribution is -0.386. The Balaban J connectivity index is 3.34. The standard InChI is InChI=1S/C7H6F2N2O2/c1-4-2-10-3-5(7(8)9)6(4)11(12)13/h2-3,7H,1H3. The average molecular weight is 188 g/mol. The summed E-state index contributed by atoms with van der Waals surface area (Å²) in [4.78, 5) is 13.0. The second-order valence-electron chi connectivity index (χ2n) is 2.45. The molecule has 0 saturated heterocycles. The maximum Gasteiger partial charge on any atom is 0.284 e. The van der Waals surface area contributed by atoms with Crippen LogP contribution in [0.4, 0.5) is 14.5 Å². The van der Waals surface area contributed by atoms with Crippen LogP contribution in [-0.2, 0) is 0 Å². The molecule has 1 heterocycles. The van der Waals surface area contributed by atoms with Gasteiger partial charge >= 0.3 is 0 Å². The van der Waals surface area contributed by atoms with E-state index < -0.39 is 22.6 Å². The Labute approximate surface area is 72.4 Å². The summed E-state index contributed by atoms with van der Waals surface area (Å²) in [6, 6.07) is 0. The molecular weight excluding hydrogens is 182 g/mol. The number of hydrogen-bond donors (Lipinski definition) is 0. The molecular formula is C7H6F2N2O2. The van der Waals surface area contributed by atoms with Crippen molar-refractivity contribution in [2.45, 2.75) is 13.3 Å². The van der Waals surface area contributed by atoms with Crippen LogP contribution >= 0.6 is 0 Å². The number of aryl methyl sites for hydroxylation is 1. The third kappa shape index (κ3) is 1.77. The lowest BCUT2D eigenvalue weighted by Gasteiger charge is -2.02. The van der Waals surface area contributed by atoms with E-state index in [0.29, 0.717) is 0 Å². The Morgan fingerprint density at radius 2 is 2.15 bits per heavy atom. The molecule has 0 radical (unpaired) electrons. The maximum atomic E-state index is 12.2. The third-order valence-corrected chi connectivity index (χ3v) is 1.55. The van der Waals surface area contributed by atoms with Gasteiger partial charge in [0.1, 0.15) is 5.56 Å². The summed E-state index contributed by atoms with van der Waals surface area (Å²) in [5.74, 6) is 0. The fourth-order valence-electron chi connectivity index (χ4n) is 0.988. The van der Waals surface area contributed by atoms with E-state index >= 15 is 0 Å². The number of pyridine rings is 1. The highest BCUT2D eigenvalue weighted by Crippen LogP contribution is 2.29. The van der Waals surface area contributed by atoms with Gasteiger partial charge < -0.3 is 0 Å². The monoisotopic (exact) mass is 188 g/mol. The SMILES string of the molecule is Cc1cncc(C(F)F)c1[N+](=O)[O-]. The van der Waals surface area contributed by atoms with Gasteiger partial charge in [0, 0.05) is 18.0 Å². The normalized spacial score (nSPS) is 10.5. The van der Waals surface area contributed by atoms with Crippen LogP contribution in [0.2, 0.25) is 0 Å². The molecule has 0 amide bonds. The van der Waals surface area contributed by atoms with E-state index in [4.69, 9.17) is 0 Å². The van der Waals surface area contributed by atoms with Crippen LogP contribution < -0.4 is 0 Å². The molecule has 6 heteroatoms. The van der Waals surface area contributed by atoms with Crippen LogP contribution in [0, 0.1) is 17.0 Å². The Kier molecular flexibility index (Phi) is 2.50. The summed E-state index contributed by atoms with van der Waals surface area (Å²) in [6.45, 7) is 1.37. The van der Waals surface area contributed by atoms with Crippen LogP contribution in [0.3, 0.4) is 0 Å². The number of hydrogen-bond acceptors (Lipinski definition) is 3. The van der Waals surface area contributed by atoms with Gasteiger partial charge in [0.05, 0.1) is 4.92 Å². The summed E-state index contributed by atoms with van der Waals surface area (Å²) >= 11 is 0. The fourth-order valence-corrected chi connectivity index (χ4v) is 0.988. The number of halogens is 2. The van der Waals surface area contributed by atoms with Crippen LogP contribution in [0.1, 0.15) is 17.6 Å². The van der Waals surface area contributed by atoms with Gasteiger partial charge in [-0.05, 0) is 6.92 Å². The molecule has 0 aromatic carbocycles. The molecule has 1 rings (SSSR count). The topological polar surface area (TPSA) is 56.0 Å². The minimum absolute atomic E-state index is 0.141. The molecule has 0 aliphatic carbocycles. The van der Waals surface area contributed by atoms with Crippen LogP contribution in [0.5, 0.6) is 0 Å². The number of aromatic nitrogens is 1. The molecule has 1 aromatic heterocycles. The third-order valence-electron chi connectivity index (χ3n) is 1.55. The molecule has 0 aliphatic heterocycles. The highest BCUT2D eigenvalue weighted by molar-refractivity contribution is 5.45. The predicted octanol–water partition coefficient (Wildman–Crippen LogP) is 2.24. The molecule has 0 spiro atoms. The van der Waals surface area contributed by atoms with Crippen molar-refractivity contribution in [3.05, 3.63) is 33.6 Å². The predicted molar refractivity (Wildman–Crippen MR) is 40.6 cm³/mol. The fraction of sp³-hybridized carbons (Fsp3) is 0.286. The summed E-state index contributed by atoms with van der Waals surface area (Å²) in [5.41, 5.74) is -1.04. The van der Waals surface area contributed by atoms with Gasteiger partial charge in [-0.2, -0.15) is 0 Å². The quantitative estimate of drug-likeness (QED) is 0.528. The van der Waals surface area contributed by atoms with Crippen molar-refractivity contribution in [1.82, 2.24) is 4.98 Å². The molecule has 13 heavy (non-hydrogen) atoms. The van der Waals surface area contributed by atoms with E-state index in [0.717, 1.165) is 6.20 Å². The number of nitrogens with zero attached hydrogens (tertiary/aromatic N) is 2. The summed E-state index contributed by atoms with van der Waals surface area (Å²) < 4.78 is 24.4. The second kappa shape index (κ2) is 3.42. The molecule has 0 bridgehead atoms. The van der Waals surface area contributed by atoms with Gasteiger partial charge in [0.15, 0.2) is 0 Å². The van der Waals surface area contributed by atoms with Crippen LogP contribution in [0.25, 0.3) is 0 Å². The Morgan fingerprint density at radius 1 is 1.54 bits per heavy atom. The van der Waals surface area contributed by atoms with Crippen molar-refractivity contribution >= 4 is 5.69 Å². The Morgan fingerprint density at radius 3 is 2.54 bits per heavy atom. The van der Waals surface area contributed by atoms with Gasteiger partial charge in [0.2, 0.25) is 0 Å². The average Bonchev–Trinajstić information content (AvgIpc) is 2.02. The zero-order chi connectivity index (χ0) is 10.0. The number of nitro groups is 1. The van der Waals surface area contributed by atoms with Crippen LogP contribution in [-0.4, -0.2) is 9.91 Å². The van der Waals surface area contributed by atoms with E-state index in [2.05, 4.69) is 4.98 Å². The first-order valence-corrected chi connectivity index (χ1v) is 3.41. The smallest absolute Gasteiger partial charge is 0.263 e. The molecule has 1 aromatic rings. The lowest BCUT2D eigenvalue weighted by atomic mass is 10.2. The van der Waals surface area contributed by atoms with E-state index in [1.54, 1.807) is 0 Å². The summed E-state index contributed by atoms with van der Waals surface area (Å²) in [7, 11) is 0. The summed E-state index contributed by atoms with van der Waals surface area (Å²) in [5, 5.41) is 10.4. The Bertz CT molecular complexity index is 341. The van der Waals surface area contributed by atoms with Crippen molar-refractivity contribution in [3.8, 4) is 0 Å². The highest BCUT2D eigenvalue weighted by atomic mass is 19.3. The van der Waals surface area contributed by atoms with Gasteiger partial charge in [-0.25, -0.2) is 8.78 Å². The summed E-state index contributed by atoms with van der Waals surface area (Å²) in [6.07, 6.45) is -0.868. The highest BCUT2D eigenvalue weighted by Gasteiger charge is 2.23. The molecule has 0 unspecified atom stereocenters. The first-order valence-electron chi connectivity index (χ1n) is 3.41. The maximum absolute atomic E-state index is 12.2. The van der Waals surface area contributed by atoms with E-state index in [1.165, 1.54) is 13.1 Å². The molecule has 4 nitrogen and oxygen atoms in total. The van der Waals surface area contributed by atoms with Gasteiger partial charge in [0.25, 0.3) is 12.1 Å². The molecule has 70 valence electrons. The number of alkyl halides is 2. The van der Waals surface area contributed by atoms with E-state index in [1.807, 2.05) is 0 Å². The first kappa shape index (κ1) is 9.50. The zero-order valence-corrected chi connectivity index (χ0v) is 6.70. The van der Waals surface area contributed by atoms with Gasteiger partial charge in [-0.15, -0.1) is 0 Å². The molecule has 0 fully saturated rings. The van der Waals surface area contributed by atoms with Crippen LogP contribution in [0.15, 0.2) is 12.4 Å². The minimum Gasteiger partial charge on any atom is -0.263 e. The van der Waals surface area contributed by atoms with Crippen molar-refractivity contribution in [2.75, 3.05) is 0 Å². The van der Waals surface area contributed by atoms with Gasteiger partial charge in [-0.1, -0.05) is 0 Å². The molecule has 0 aliphatic rings. The molecule has 0 atom stereocenters. The molecule has 0 saturated carbocycles. The minimum atomic E-state index is -2.87. The second-order valence-corrected chi connectivity index (χ2v) is 2.45. The van der Waals surface area contributed by atoms with Crippen molar-refractivity contribution in [1.29, 1.82) is 0 Å². The largest absolute Gasteiger partial charge is 0.284 e.